The van der Waals surface area contributed by atoms with Crippen molar-refractivity contribution in [3.8, 4) is 0 Å². The van der Waals surface area contributed by atoms with Crippen LogP contribution in [0, 0.1) is 0 Å². The number of rotatable bonds is 7. The van der Waals surface area contributed by atoms with Gasteiger partial charge in [0.1, 0.15) is 0 Å². The normalized spacial score (nSPS) is 26.6. The minimum Gasteiger partial charge on any atom is -0.396 e. The van der Waals surface area contributed by atoms with Gasteiger partial charge in [-0.2, -0.15) is 0 Å². The Morgan fingerprint density at radius 3 is 2.50 bits per heavy atom. The van der Waals surface area contributed by atoms with Crippen LogP contribution in [0.15, 0.2) is 0 Å². The van der Waals surface area contributed by atoms with Gasteiger partial charge in [0.05, 0.1) is 6.10 Å². The fourth-order valence-electron chi connectivity index (χ4n) is 2.40. The fraction of sp³-hybridized carbons (Fsp3) is 1.00. The second-order valence-corrected chi connectivity index (χ2v) is 4.90. The molecule has 16 heavy (non-hydrogen) atoms. The standard InChI is InChI=1S/C13H27NO2/c15-11-7-2-1-6-10-14-12-8-4-3-5-9-13(12)16/h12-16H,1-11H2. The second-order valence-electron chi connectivity index (χ2n) is 4.90. The molecule has 1 aliphatic rings. The van der Waals surface area contributed by atoms with Crippen molar-refractivity contribution >= 4 is 0 Å². The molecule has 0 saturated heterocycles. The van der Waals surface area contributed by atoms with Crippen LogP contribution in [0.4, 0.5) is 0 Å². The third-order valence-corrected chi connectivity index (χ3v) is 3.47. The Morgan fingerprint density at radius 2 is 1.69 bits per heavy atom. The molecule has 1 rings (SSSR count). The van der Waals surface area contributed by atoms with Gasteiger partial charge < -0.3 is 15.5 Å². The Kier molecular flexibility index (Phi) is 7.81. The lowest BCUT2D eigenvalue weighted by Gasteiger charge is -2.21. The number of aliphatic hydroxyl groups is 2. The SMILES string of the molecule is OCCCCCCNC1CCCCCC1O. The van der Waals surface area contributed by atoms with Crippen molar-refractivity contribution in [3.63, 3.8) is 0 Å². The van der Waals surface area contributed by atoms with E-state index in [0.717, 1.165) is 38.6 Å². The van der Waals surface area contributed by atoms with Crippen molar-refractivity contribution in [1.29, 1.82) is 0 Å². The molecule has 3 heteroatoms. The zero-order valence-corrected chi connectivity index (χ0v) is 10.3. The molecular formula is C13H27NO2. The van der Waals surface area contributed by atoms with Crippen LogP contribution in [0.2, 0.25) is 0 Å². The Balaban J connectivity index is 2.01. The van der Waals surface area contributed by atoms with E-state index in [2.05, 4.69) is 5.32 Å². The first-order valence-electron chi connectivity index (χ1n) is 6.87. The number of nitrogens with one attached hydrogen (secondary N) is 1. The van der Waals surface area contributed by atoms with Gasteiger partial charge in [-0.3, -0.25) is 0 Å². The minimum atomic E-state index is -0.139. The summed E-state index contributed by atoms with van der Waals surface area (Å²) in [4.78, 5) is 0. The Hall–Kier alpha value is -0.120. The van der Waals surface area contributed by atoms with E-state index in [-0.39, 0.29) is 6.10 Å². The third kappa shape index (κ3) is 5.83. The molecule has 3 nitrogen and oxygen atoms in total. The van der Waals surface area contributed by atoms with Crippen molar-refractivity contribution in [3.05, 3.63) is 0 Å². The highest BCUT2D eigenvalue weighted by atomic mass is 16.3. The molecule has 0 radical (unpaired) electrons. The summed E-state index contributed by atoms with van der Waals surface area (Å²) in [6.07, 6.45) is 10.0. The summed E-state index contributed by atoms with van der Waals surface area (Å²) in [5.41, 5.74) is 0. The highest BCUT2D eigenvalue weighted by Crippen LogP contribution is 2.18. The van der Waals surface area contributed by atoms with E-state index in [9.17, 15) is 5.11 Å². The van der Waals surface area contributed by atoms with Gasteiger partial charge in [-0.15, -0.1) is 0 Å². The summed E-state index contributed by atoms with van der Waals surface area (Å²) >= 11 is 0. The first-order valence-corrected chi connectivity index (χ1v) is 6.87. The van der Waals surface area contributed by atoms with Crippen molar-refractivity contribution in [1.82, 2.24) is 5.32 Å². The molecule has 1 fully saturated rings. The lowest BCUT2D eigenvalue weighted by Crippen LogP contribution is -2.39. The van der Waals surface area contributed by atoms with E-state index in [1.54, 1.807) is 0 Å². The van der Waals surface area contributed by atoms with Crippen LogP contribution in [-0.4, -0.2) is 35.5 Å². The first kappa shape index (κ1) is 13.9. The summed E-state index contributed by atoms with van der Waals surface area (Å²) in [6, 6.07) is 0.320. The quantitative estimate of drug-likeness (QED) is 0.461. The molecule has 1 aliphatic carbocycles. The Bertz CT molecular complexity index is 164. The van der Waals surface area contributed by atoms with Crippen molar-refractivity contribution < 1.29 is 10.2 Å². The van der Waals surface area contributed by atoms with Crippen molar-refractivity contribution in [2.24, 2.45) is 0 Å². The fourth-order valence-corrected chi connectivity index (χ4v) is 2.40. The van der Waals surface area contributed by atoms with Crippen molar-refractivity contribution in [2.45, 2.75) is 69.9 Å². The molecule has 0 amide bonds. The molecule has 0 bridgehead atoms. The van der Waals surface area contributed by atoms with E-state index in [1.165, 1.54) is 25.7 Å². The molecular weight excluding hydrogens is 202 g/mol. The molecule has 0 aromatic heterocycles. The van der Waals surface area contributed by atoms with Crippen LogP contribution in [0.3, 0.4) is 0 Å². The average Bonchev–Trinajstić information content (AvgIpc) is 2.49. The predicted molar refractivity (Wildman–Crippen MR) is 66.4 cm³/mol. The third-order valence-electron chi connectivity index (χ3n) is 3.47. The van der Waals surface area contributed by atoms with Crippen LogP contribution in [-0.2, 0) is 0 Å². The highest BCUT2D eigenvalue weighted by molar-refractivity contribution is 4.78. The summed E-state index contributed by atoms with van der Waals surface area (Å²) in [5.74, 6) is 0. The van der Waals surface area contributed by atoms with Gasteiger partial charge in [-0.1, -0.05) is 32.1 Å². The lowest BCUT2D eigenvalue weighted by atomic mass is 10.1. The topological polar surface area (TPSA) is 52.5 Å². The zero-order chi connectivity index (χ0) is 11.6. The summed E-state index contributed by atoms with van der Waals surface area (Å²) < 4.78 is 0. The molecule has 0 aromatic rings. The van der Waals surface area contributed by atoms with Crippen LogP contribution in [0.5, 0.6) is 0 Å². The molecule has 96 valence electrons. The molecule has 0 aromatic carbocycles. The van der Waals surface area contributed by atoms with Gasteiger partial charge in [0.2, 0.25) is 0 Å². The van der Waals surface area contributed by atoms with Crippen LogP contribution in [0.1, 0.15) is 57.8 Å². The van der Waals surface area contributed by atoms with Crippen LogP contribution < -0.4 is 5.32 Å². The maximum atomic E-state index is 9.89. The summed E-state index contributed by atoms with van der Waals surface area (Å²) in [7, 11) is 0. The van der Waals surface area contributed by atoms with Gasteiger partial charge in [-0.25, -0.2) is 0 Å². The van der Waals surface area contributed by atoms with Crippen LogP contribution in [0.25, 0.3) is 0 Å². The summed E-state index contributed by atoms with van der Waals surface area (Å²) in [6.45, 7) is 1.32. The number of aliphatic hydroxyl groups excluding tert-OH is 2. The summed E-state index contributed by atoms with van der Waals surface area (Å²) in [5, 5.41) is 22.0. The lowest BCUT2D eigenvalue weighted by molar-refractivity contribution is 0.120. The van der Waals surface area contributed by atoms with Crippen molar-refractivity contribution in [2.75, 3.05) is 13.2 Å². The minimum absolute atomic E-state index is 0.139. The van der Waals surface area contributed by atoms with E-state index < -0.39 is 0 Å². The zero-order valence-electron chi connectivity index (χ0n) is 10.3. The molecule has 0 spiro atoms. The van der Waals surface area contributed by atoms with Gasteiger partial charge in [0.25, 0.3) is 0 Å². The molecule has 2 unspecified atom stereocenters. The van der Waals surface area contributed by atoms with E-state index in [4.69, 9.17) is 5.11 Å². The number of unbranched alkanes of at least 4 members (excludes halogenated alkanes) is 3. The van der Waals surface area contributed by atoms with E-state index in [1.807, 2.05) is 0 Å². The monoisotopic (exact) mass is 229 g/mol. The molecule has 1 saturated carbocycles. The van der Waals surface area contributed by atoms with Gasteiger partial charge >= 0.3 is 0 Å². The van der Waals surface area contributed by atoms with Gasteiger partial charge in [0.15, 0.2) is 0 Å². The number of hydrogen-bond donors (Lipinski definition) is 3. The van der Waals surface area contributed by atoms with E-state index >= 15 is 0 Å². The number of hydrogen-bond acceptors (Lipinski definition) is 3. The largest absolute Gasteiger partial charge is 0.396 e. The predicted octanol–water partition coefficient (Wildman–Crippen LogP) is 1.82. The molecule has 0 aliphatic heterocycles. The van der Waals surface area contributed by atoms with Crippen LogP contribution >= 0.6 is 0 Å². The molecule has 2 atom stereocenters. The maximum Gasteiger partial charge on any atom is 0.0693 e. The molecule has 3 N–H and O–H groups in total. The second kappa shape index (κ2) is 8.97. The van der Waals surface area contributed by atoms with Gasteiger partial charge in [0, 0.05) is 12.6 Å². The average molecular weight is 229 g/mol. The Labute approximate surface area is 99.3 Å². The smallest absolute Gasteiger partial charge is 0.0693 e. The maximum absolute atomic E-state index is 9.89. The first-order chi connectivity index (χ1) is 7.84. The van der Waals surface area contributed by atoms with Gasteiger partial charge in [-0.05, 0) is 32.2 Å². The highest BCUT2D eigenvalue weighted by Gasteiger charge is 2.20. The van der Waals surface area contributed by atoms with E-state index in [0.29, 0.717) is 12.6 Å². The Morgan fingerprint density at radius 1 is 0.938 bits per heavy atom. The molecule has 0 heterocycles.